The fraction of sp³-hybridized carbons (Fsp3) is 0.833. The molecule has 1 aliphatic carbocycles. The van der Waals surface area contributed by atoms with Crippen molar-refractivity contribution in [3.63, 3.8) is 0 Å². The summed E-state index contributed by atoms with van der Waals surface area (Å²) < 4.78 is 0.515. The molecule has 0 atom stereocenters. The zero-order valence-corrected chi connectivity index (χ0v) is 11.1. The van der Waals surface area contributed by atoms with Gasteiger partial charge < -0.3 is 0 Å². The van der Waals surface area contributed by atoms with E-state index in [2.05, 4.69) is 50.4 Å². The molecular weight excluding hydrogens is 208 g/mol. The van der Waals surface area contributed by atoms with Gasteiger partial charge >= 0.3 is 0 Å². The maximum Gasteiger partial charge on any atom is 0.0668 e. The molecule has 2 rings (SSSR count). The van der Waals surface area contributed by atoms with E-state index < -0.39 is 0 Å². The maximum absolute atomic E-state index is 2.47. The molecule has 0 saturated carbocycles. The average Bonchev–Trinajstić information content (AvgIpc) is 2.57. The van der Waals surface area contributed by atoms with Crippen LogP contribution in [0.2, 0.25) is 0 Å². The highest BCUT2D eigenvalue weighted by Gasteiger charge is 2.48. The van der Waals surface area contributed by atoms with Crippen LogP contribution in [-0.2, 0) is 0 Å². The Balaban J connectivity index is 2.24. The zero-order chi connectivity index (χ0) is 10.2. The van der Waals surface area contributed by atoms with Gasteiger partial charge in [0.1, 0.15) is 0 Å². The molecule has 80 valence electrons. The fourth-order valence-electron chi connectivity index (χ4n) is 2.38. The van der Waals surface area contributed by atoms with Crippen molar-refractivity contribution in [1.82, 2.24) is 0 Å². The van der Waals surface area contributed by atoms with E-state index in [0.717, 1.165) is 0 Å². The van der Waals surface area contributed by atoms with Crippen LogP contribution in [0.15, 0.2) is 11.6 Å². The van der Waals surface area contributed by atoms with Gasteiger partial charge in [-0.3, -0.25) is 0 Å². The topological polar surface area (TPSA) is 0 Å². The Morgan fingerprint density at radius 2 is 1.86 bits per heavy atom. The highest BCUT2D eigenvalue weighted by Crippen LogP contribution is 2.60. The van der Waals surface area contributed by atoms with Crippen molar-refractivity contribution in [2.45, 2.75) is 44.1 Å². The van der Waals surface area contributed by atoms with Gasteiger partial charge in [0, 0.05) is 11.5 Å². The van der Waals surface area contributed by atoms with Gasteiger partial charge in [-0.2, -0.15) is 0 Å². The van der Waals surface area contributed by atoms with Crippen LogP contribution in [0.3, 0.4) is 0 Å². The Morgan fingerprint density at radius 1 is 1.21 bits per heavy atom. The van der Waals surface area contributed by atoms with Crippen molar-refractivity contribution in [1.29, 1.82) is 0 Å². The summed E-state index contributed by atoms with van der Waals surface area (Å²) in [5.41, 5.74) is 2.07. The van der Waals surface area contributed by atoms with Crippen molar-refractivity contribution in [3.8, 4) is 0 Å². The Bertz CT molecular complexity index is 247. The number of allylic oxidation sites excluding steroid dienone is 2. The van der Waals surface area contributed by atoms with Gasteiger partial charge in [-0.05, 0) is 31.6 Å². The Hall–Kier alpha value is 0.440. The van der Waals surface area contributed by atoms with Crippen LogP contribution in [0.1, 0.15) is 40.0 Å². The minimum absolute atomic E-state index is 0.469. The summed E-state index contributed by atoms with van der Waals surface area (Å²) >= 11 is 4.44. The lowest BCUT2D eigenvalue weighted by Gasteiger charge is -2.41. The van der Waals surface area contributed by atoms with Crippen LogP contribution in [0, 0.1) is 5.41 Å². The van der Waals surface area contributed by atoms with E-state index in [9.17, 15) is 0 Å². The smallest absolute Gasteiger partial charge is 0.0668 e. The molecule has 0 amide bonds. The summed E-state index contributed by atoms with van der Waals surface area (Å²) in [5, 5.41) is 0. The summed E-state index contributed by atoms with van der Waals surface area (Å²) in [4.78, 5) is 0. The van der Waals surface area contributed by atoms with Gasteiger partial charge in [0.25, 0.3) is 0 Å². The largest absolute Gasteiger partial charge is 0.143 e. The number of rotatable bonds is 0. The molecule has 1 saturated heterocycles. The van der Waals surface area contributed by atoms with E-state index in [1.54, 1.807) is 5.57 Å². The summed E-state index contributed by atoms with van der Waals surface area (Å²) in [6.45, 7) is 7.19. The minimum atomic E-state index is 0.469. The fourth-order valence-corrected chi connectivity index (χ4v) is 5.98. The Labute approximate surface area is 96.3 Å². The second-order valence-electron chi connectivity index (χ2n) is 5.09. The van der Waals surface area contributed by atoms with Gasteiger partial charge in [-0.25, -0.2) is 0 Å². The van der Waals surface area contributed by atoms with E-state index in [1.807, 2.05) is 0 Å². The normalized spacial score (nSPS) is 30.1. The Morgan fingerprint density at radius 3 is 2.50 bits per heavy atom. The first-order valence-corrected chi connectivity index (χ1v) is 7.46. The first-order valence-electron chi connectivity index (χ1n) is 5.49. The van der Waals surface area contributed by atoms with Crippen LogP contribution in [0.4, 0.5) is 0 Å². The quantitative estimate of drug-likeness (QED) is 0.566. The molecule has 0 N–H and O–H groups in total. The van der Waals surface area contributed by atoms with Gasteiger partial charge in [0.2, 0.25) is 0 Å². The van der Waals surface area contributed by atoms with E-state index >= 15 is 0 Å². The summed E-state index contributed by atoms with van der Waals surface area (Å²) in [6.07, 6.45) is 6.41. The van der Waals surface area contributed by atoms with E-state index in [-0.39, 0.29) is 0 Å². The molecule has 0 unspecified atom stereocenters. The molecule has 2 heteroatoms. The molecule has 0 radical (unpaired) electrons. The van der Waals surface area contributed by atoms with E-state index in [4.69, 9.17) is 0 Å². The molecule has 0 bridgehead atoms. The molecule has 1 fully saturated rings. The van der Waals surface area contributed by atoms with E-state index in [0.29, 0.717) is 9.49 Å². The number of thioether (sulfide) groups is 2. The van der Waals surface area contributed by atoms with Crippen LogP contribution in [0.5, 0.6) is 0 Å². The molecule has 0 aromatic carbocycles. The molecule has 2 aliphatic rings. The second-order valence-corrected chi connectivity index (χ2v) is 8.13. The van der Waals surface area contributed by atoms with Crippen molar-refractivity contribution in [3.05, 3.63) is 11.6 Å². The SMILES string of the molecule is CC1=CCC(C)(C)C2(CC1)SCCS2. The first kappa shape index (κ1) is 10.9. The molecule has 0 aromatic heterocycles. The molecule has 1 aliphatic heterocycles. The molecule has 0 aromatic rings. The van der Waals surface area contributed by atoms with Crippen molar-refractivity contribution < 1.29 is 0 Å². The predicted octanol–water partition coefficient (Wildman–Crippen LogP) is 4.32. The minimum Gasteiger partial charge on any atom is -0.143 e. The molecule has 1 spiro atoms. The summed E-state index contributed by atoms with van der Waals surface area (Å²) in [5.74, 6) is 2.71. The highest BCUT2D eigenvalue weighted by atomic mass is 32.2. The third-order valence-corrected chi connectivity index (χ3v) is 7.82. The predicted molar refractivity (Wildman–Crippen MR) is 69.0 cm³/mol. The average molecular weight is 228 g/mol. The molecular formula is C12H20S2. The van der Waals surface area contributed by atoms with Crippen molar-refractivity contribution >= 4 is 23.5 Å². The first-order chi connectivity index (χ1) is 6.56. The van der Waals surface area contributed by atoms with Crippen LogP contribution in [-0.4, -0.2) is 15.6 Å². The monoisotopic (exact) mass is 228 g/mol. The maximum atomic E-state index is 2.47. The summed E-state index contributed by atoms with van der Waals surface area (Å²) in [6, 6.07) is 0. The van der Waals surface area contributed by atoms with Gasteiger partial charge in [0.15, 0.2) is 0 Å². The number of hydrogen-bond donors (Lipinski definition) is 0. The second kappa shape index (κ2) is 3.79. The lowest BCUT2D eigenvalue weighted by molar-refractivity contribution is 0.327. The van der Waals surface area contributed by atoms with Crippen LogP contribution in [0.25, 0.3) is 0 Å². The summed E-state index contributed by atoms with van der Waals surface area (Å²) in [7, 11) is 0. The van der Waals surface area contributed by atoms with E-state index in [1.165, 1.54) is 30.8 Å². The lowest BCUT2D eigenvalue weighted by atomic mass is 9.84. The van der Waals surface area contributed by atoms with Crippen LogP contribution >= 0.6 is 23.5 Å². The zero-order valence-electron chi connectivity index (χ0n) is 9.43. The number of hydrogen-bond acceptors (Lipinski definition) is 2. The Kier molecular flexibility index (Phi) is 2.96. The highest BCUT2D eigenvalue weighted by molar-refractivity contribution is 8.21. The third-order valence-electron chi connectivity index (χ3n) is 3.59. The van der Waals surface area contributed by atoms with Crippen molar-refractivity contribution in [2.75, 3.05) is 11.5 Å². The van der Waals surface area contributed by atoms with Crippen LogP contribution < -0.4 is 0 Å². The third kappa shape index (κ3) is 1.76. The van der Waals surface area contributed by atoms with Gasteiger partial charge in [-0.15, -0.1) is 23.5 Å². The van der Waals surface area contributed by atoms with Gasteiger partial charge in [0.05, 0.1) is 4.08 Å². The molecule has 1 heterocycles. The molecule has 0 nitrogen and oxygen atoms in total. The van der Waals surface area contributed by atoms with Gasteiger partial charge in [-0.1, -0.05) is 25.5 Å². The lowest BCUT2D eigenvalue weighted by Crippen LogP contribution is -2.35. The molecule has 14 heavy (non-hydrogen) atoms. The standard InChI is InChI=1S/C12H20S2/c1-10-4-6-11(2,3)12(7-5-10)13-8-9-14-12/h4H,5-9H2,1-3H3. The van der Waals surface area contributed by atoms with Crippen molar-refractivity contribution in [2.24, 2.45) is 5.41 Å².